The van der Waals surface area contributed by atoms with Gasteiger partial charge in [-0.2, -0.15) is 0 Å². The van der Waals surface area contributed by atoms with Crippen molar-refractivity contribution >= 4 is 23.3 Å². The number of benzene rings is 2. The van der Waals surface area contributed by atoms with E-state index >= 15 is 0 Å². The molecule has 1 heterocycles. The second-order valence-corrected chi connectivity index (χ2v) is 6.73. The van der Waals surface area contributed by atoms with Crippen molar-refractivity contribution in [1.82, 2.24) is 5.32 Å². The van der Waals surface area contributed by atoms with Crippen LogP contribution < -0.4 is 20.3 Å². The van der Waals surface area contributed by atoms with Crippen LogP contribution in [0, 0.1) is 13.8 Å². The van der Waals surface area contributed by atoms with E-state index < -0.39 is 0 Å². The molecule has 2 N–H and O–H groups in total. The zero-order chi connectivity index (χ0) is 19.4. The monoisotopic (exact) mass is 367 g/mol. The van der Waals surface area contributed by atoms with Crippen LogP contribution >= 0.6 is 0 Å². The highest BCUT2D eigenvalue weighted by Gasteiger charge is 2.31. The standard InChI is InChI=1S/C21H25N3O3/c1-4-27-19-9-6-16(7-10-19)22-21(26)23-17-12-20(25)24(13-17)18-8-5-14(2)15(3)11-18/h5-11,17H,4,12-13H2,1-3H3,(H2,22,23,26). The Labute approximate surface area is 159 Å². The van der Waals surface area contributed by atoms with Crippen LogP contribution in [0.25, 0.3) is 0 Å². The number of hydrogen-bond donors (Lipinski definition) is 2. The van der Waals surface area contributed by atoms with Gasteiger partial charge in [-0.3, -0.25) is 4.79 Å². The van der Waals surface area contributed by atoms with E-state index in [-0.39, 0.29) is 18.0 Å². The lowest BCUT2D eigenvalue weighted by Crippen LogP contribution is -2.39. The number of amides is 3. The largest absolute Gasteiger partial charge is 0.494 e. The molecule has 2 aromatic rings. The number of anilines is 2. The average molecular weight is 367 g/mol. The normalized spacial score (nSPS) is 16.3. The molecule has 142 valence electrons. The molecule has 0 saturated carbocycles. The van der Waals surface area contributed by atoms with Gasteiger partial charge in [0.15, 0.2) is 0 Å². The van der Waals surface area contributed by atoms with E-state index in [2.05, 4.69) is 10.6 Å². The Morgan fingerprint density at radius 1 is 1.15 bits per heavy atom. The minimum Gasteiger partial charge on any atom is -0.494 e. The first-order valence-electron chi connectivity index (χ1n) is 9.14. The maximum absolute atomic E-state index is 12.4. The smallest absolute Gasteiger partial charge is 0.319 e. The fraction of sp³-hybridized carbons (Fsp3) is 0.333. The van der Waals surface area contributed by atoms with Crippen LogP contribution in [-0.2, 0) is 4.79 Å². The predicted molar refractivity (Wildman–Crippen MR) is 106 cm³/mol. The van der Waals surface area contributed by atoms with Gasteiger partial charge in [0, 0.05) is 24.3 Å². The number of aryl methyl sites for hydroxylation is 2. The number of nitrogens with one attached hydrogen (secondary N) is 2. The van der Waals surface area contributed by atoms with Crippen LogP contribution in [0.15, 0.2) is 42.5 Å². The molecule has 1 unspecified atom stereocenters. The molecular weight excluding hydrogens is 342 g/mol. The van der Waals surface area contributed by atoms with Gasteiger partial charge in [-0.25, -0.2) is 4.79 Å². The molecule has 3 rings (SSSR count). The Morgan fingerprint density at radius 3 is 2.56 bits per heavy atom. The van der Waals surface area contributed by atoms with Crippen LogP contribution in [0.5, 0.6) is 5.75 Å². The number of hydrogen-bond acceptors (Lipinski definition) is 3. The van der Waals surface area contributed by atoms with Crippen molar-refractivity contribution in [2.75, 3.05) is 23.4 Å². The Balaban J connectivity index is 1.57. The summed E-state index contributed by atoms with van der Waals surface area (Å²) in [5, 5.41) is 5.67. The third kappa shape index (κ3) is 4.58. The summed E-state index contributed by atoms with van der Waals surface area (Å²) in [5.74, 6) is 0.776. The van der Waals surface area contributed by atoms with Gasteiger partial charge < -0.3 is 20.3 Å². The molecule has 27 heavy (non-hydrogen) atoms. The molecule has 1 atom stereocenters. The molecule has 0 bridgehead atoms. The lowest BCUT2D eigenvalue weighted by molar-refractivity contribution is -0.117. The zero-order valence-electron chi connectivity index (χ0n) is 15.9. The van der Waals surface area contributed by atoms with Crippen LogP contribution in [0.2, 0.25) is 0 Å². The highest BCUT2D eigenvalue weighted by Crippen LogP contribution is 2.24. The van der Waals surface area contributed by atoms with Gasteiger partial charge in [-0.15, -0.1) is 0 Å². The highest BCUT2D eigenvalue weighted by molar-refractivity contribution is 5.97. The second kappa shape index (κ2) is 8.12. The maximum atomic E-state index is 12.4. The summed E-state index contributed by atoms with van der Waals surface area (Å²) < 4.78 is 5.38. The number of nitrogens with zero attached hydrogens (tertiary/aromatic N) is 1. The van der Waals surface area contributed by atoms with Gasteiger partial charge in [0.1, 0.15) is 5.75 Å². The van der Waals surface area contributed by atoms with E-state index in [0.29, 0.717) is 25.3 Å². The van der Waals surface area contributed by atoms with E-state index in [1.165, 1.54) is 5.56 Å². The van der Waals surface area contributed by atoms with Crippen molar-refractivity contribution in [3.8, 4) is 5.75 Å². The molecule has 2 aromatic carbocycles. The van der Waals surface area contributed by atoms with Crippen molar-refractivity contribution in [3.63, 3.8) is 0 Å². The summed E-state index contributed by atoms with van der Waals surface area (Å²) >= 11 is 0. The fourth-order valence-electron chi connectivity index (χ4n) is 3.10. The van der Waals surface area contributed by atoms with E-state index in [4.69, 9.17) is 4.74 Å². The summed E-state index contributed by atoms with van der Waals surface area (Å²) in [6.45, 7) is 7.06. The zero-order valence-corrected chi connectivity index (χ0v) is 15.9. The Kier molecular flexibility index (Phi) is 5.64. The van der Waals surface area contributed by atoms with E-state index in [1.807, 2.05) is 39.0 Å². The fourth-order valence-corrected chi connectivity index (χ4v) is 3.10. The van der Waals surface area contributed by atoms with Crippen molar-refractivity contribution in [2.24, 2.45) is 0 Å². The molecule has 3 amide bonds. The van der Waals surface area contributed by atoms with Crippen LogP contribution in [0.1, 0.15) is 24.5 Å². The SMILES string of the molecule is CCOc1ccc(NC(=O)NC2CC(=O)N(c3ccc(C)c(C)c3)C2)cc1. The van der Waals surface area contributed by atoms with Crippen LogP contribution in [-0.4, -0.2) is 31.1 Å². The minimum absolute atomic E-state index is 0.0182. The molecule has 0 aromatic heterocycles. The van der Waals surface area contributed by atoms with Gasteiger partial charge >= 0.3 is 6.03 Å². The molecule has 0 spiro atoms. The number of urea groups is 1. The van der Waals surface area contributed by atoms with Crippen LogP contribution in [0.4, 0.5) is 16.2 Å². The number of carbonyl (C=O) groups excluding carboxylic acids is 2. The van der Waals surface area contributed by atoms with Crippen molar-refractivity contribution in [3.05, 3.63) is 53.6 Å². The van der Waals surface area contributed by atoms with E-state index in [9.17, 15) is 9.59 Å². The van der Waals surface area contributed by atoms with E-state index in [1.54, 1.807) is 29.2 Å². The molecule has 1 fully saturated rings. The molecule has 1 aliphatic rings. The van der Waals surface area contributed by atoms with Crippen molar-refractivity contribution in [1.29, 1.82) is 0 Å². The Morgan fingerprint density at radius 2 is 1.89 bits per heavy atom. The summed E-state index contributed by atoms with van der Waals surface area (Å²) in [4.78, 5) is 26.3. The number of carbonyl (C=O) groups is 2. The number of rotatable bonds is 5. The van der Waals surface area contributed by atoms with Gasteiger partial charge in [0.2, 0.25) is 5.91 Å². The van der Waals surface area contributed by atoms with Crippen molar-refractivity contribution < 1.29 is 14.3 Å². The van der Waals surface area contributed by atoms with Gasteiger partial charge in [-0.05, 0) is 68.3 Å². The van der Waals surface area contributed by atoms with Crippen molar-refractivity contribution in [2.45, 2.75) is 33.2 Å². The molecule has 1 aliphatic heterocycles. The topological polar surface area (TPSA) is 70.7 Å². The van der Waals surface area contributed by atoms with Gasteiger partial charge in [0.25, 0.3) is 0 Å². The van der Waals surface area contributed by atoms with Gasteiger partial charge in [-0.1, -0.05) is 6.07 Å². The highest BCUT2D eigenvalue weighted by atomic mass is 16.5. The summed E-state index contributed by atoms with van der Waals surface area (Å²) in [7, 11) is 0. The molecule has 0 aliphatic carbocycles. The van der Waals surface area contributed by atoms with Crippen LogP contribution in [0.3, 0.4) is 0 Å². The quantitative estimate of drug-likeness (QED) is 0.848. The third-order valence-electron chi connectivity index (χ3n) is 4.69. The molecule has 6 nitrogen and oxygen atoms in total. The first kappa shape index (κ1) is 18.8. The summed E-state index contributed by atoms with van der Waals surface area (Å²) in [5.41, 5.74) is 3.88. The first-order valence-corrected chi connectivity index (χ1v) is 9.14. The first-order chi connectivity index (χ1) is 13.0. The Hall–Kier alpha value is -3.02. The molecular formula is C21H25N3O3. The van der Waals surface area contributed by atoms with Gasteiger partial charge in [0.05, 0.1) is 12.6 Å². The molecule has 0 radical (unpaired) electrons. The Bertz CT molecular complexity index is 833. The average Bonchev–Trinajstić information content (AvgIpc) is 2.99. The maximum Gasteiger partial charge on any atom is 0.319 e. The van der Waals surface area contributed by atoms with E-state index in [0.717, 1.165) is 17.0 Å². The molecule has 1 saturated heterocycles. The second-order valence-electron chi connectivity index (χ2n) is 6.73. The third-order valence-corrected chi connectivity index (χ3v) is 4.69. The number of ether oxygens (including phenoxy) is 1. The molecule has 6 heteroatoms. The minimum atomic E-state index is -0.320. The lowest BCUT2D eigenvalue weighted by Gasteiger charge is -2.18. The lowest BCUT2D eigenvalue weighted by atomic mass is 10.1. The summed E-state index contributed by atoms with van der Waals surface area (Å²) in [6.07, 6.45) is 0.295. The predicted octanol–water partition coefficient (Wildman–Crippen LogP) is 3.63. The summed E-state index contributed by atoms with van der Waals surface area (Å²) in [6, 6.07) is 12.6.